The Hall–Kier alpha value is -2.66. The fourth-order valence-corrected chi connectivity index (χ4v) is 3.50. The minimum Gasteiger partial charge on any atom is -0.488 e. The monoisotopic (exact) mass is 353 g/mol. The van der Waals surface area contributed by atoms with Crippen molar-refractivity contribution in [1.82, 2.24) is 4.98 Å². The van der Waals surface area contributed by atoms with E-state index in [2.05, 4.69) is 4.98 Å². The molecule has 0 saturated carbocycles. The summed E-state index contributed by atoms with van der Waals surface area (Å²) in [5, 5.41) is 11.4. The van der Waals surface area contributed by atoms with Crippen molar-refractivity contribution in [3.8, 4) is 17.0 Å². The number of rotatable bonds is 6. The number of hydrogen-bond acceptors (Lipinski definition) is 4. The molecule has 0 spiro atoms. The predicted octanol–water partition coefficient (Wildman–Crippen LogP) is 4.63. The van der Waals surface area contributed by atoms with Crippen LogP contribution in [-0.4, -0.2) is 16.1 Å². The lowest BCUT2D eigenvalue weighted by Gasteiger charge is -2.13. The van der Waals surface area contributed by atoms with E-state index < -0.39 is 5.97 Å². The molecule has 0 bridgehead atoms. The van der Waals surface area contributed by atoms with Crippen molar-refractivity contribution in [1.29, 1.82) is 0 Å². The number of benzene rings is 2. The van der Waals surface area contributed by atoms with Crippen LogP contribution >= 0.6 is 11.3 Å². The SMILES string of the molecule is Cc1cc(-c2csc(CC(=O)O)n2)cc(C)c1OCc1ccccc1. The Morgan fingerprint density at radius 1 is 1.16 bits per heavy atom. The zero-order valence-electron chi connectivity index (χ0n) is 14.2. The first kappa shape index (κ1) is 17.2. The number of hydrogen-bond donors (Lipinski definition) is 1. The number of ether oxygens (including phenoxy) is 1. The summed E-state index contributed by atoms with van der Waals surface area (Å²) in [5.74, 6) is 0.0199. The summed E-state index contributed by atoms with van der Waals surface area (Å²) in [6.07, 6.45) is -0.0408. The molecule has 4 nitrogen and oxygen atoms in total. The topological polar surface area (TPSA) is 59.4 Å². The lowest BCUT2D eigenvalue weighted by molar-refractivity contribution is -0.136. The van der Waals surface area contributed by atoms with E-state index in [-0.39, 0.29) is 6.42 Å². The van der Waals surface area contributed by atoms with Crippen molar-refractivity contribution >= 4 is 17.3 Å². The van der Waals surface area contributed by atoms with E-state index in [0.717, 1.165) is 33.7 Å². The summed E-state index contributed by atoms with van der Waals surface area (Å²) in [4.78, 5) is 15.2. The van der Waals surface area contributed by atoms with E-state index in [1.54, 1.807) is 0 Å². The smallest absolute Gasteiger partial charge is 0.310 e. The normalized spacial score (nSPS) is 10.6. The number of aliphatic carboxylic acids is 1. The standard InChI is InChI=1S/C20H19NO3S/c1-13-8-16(17-12-25-18(21-17)10-19(22)23)9-14(2)20(13)24-11-15-6-4-3-5-7-15/h3-9,12H,10-11H2,1-2H3,(H,22,23). The molecule has 0 saturated heterocycles. The average Bonchev–Trinajstić information content (AvgIpc) is 3.02. The van der Waals surface area contributed by atoms with Crippen molar-refractivity contribution in [2.45, 2.75) is 26.9 Å². The molecular weight excluding hydrogens is 334 g/mol. The van der Waals surface area contributed by atoms with Crippen molar-refractivity contribution < 1.29 is 14.6 Å². The molecule has 0 aliphatic heterocycles. The average molecular weight is 353 g/mol. The van der Waals surface area contributed by atoms with Gasteiger partial charge in [-0.3, -0.25) is 4.79 Å². The highest BCUT2D eigenvalue weighted by Gasteiger charge is 2.12. The van der Waals surface area contributed by atoms with Gasteiger partial charge in [-0.05, 0) is 42.7 Å². The van der Waals surface area contributed by atoms with Crippen LogP contribution in [0.5, 0.6) is 5.75 Å². The molecule has 1 aromatic heterocycles. The fourth-order valence-electron chi connectivity index (χ4n) is 2.71. The molecule has 0 aliphatic carbocycles. The lowest BCUT2D eigenvalue weighted by Crippen LogP contribution is -2.00. The molecule has 1 heterocycles. The Balaban J connectivity index is 1.80. The van der Waals surface area contributed by atoms with Crippen LogP contribution in [0.25, 0.3) is 11.3 Å². The number of carbonyl (C=O) groups is 1. The third-order valence-electron chi connectivity index (χ3n) is 3.84. The lowest BCUT2D eigenvalue weighted by atomic mass is 10.0. The van der Waals surface area contributed by atoms with Gasteiger partial charge in [-0.15, -0.1) is 11.3 Å². The highest BCUT2D eigenvalue weighted by molar-refractivity contribution is 7.10. The molecule has 0 fully saturated rings. The van der Waals surface area contributed by atoms with Crippen LogP contribution in [0.15, 0.2) is 47.8 Å². The number of aryl methyl sites for hydroxylation is 2. The third kappa shape index (κ3) is 4.25. The number of carboxylic acids is 1. The summed E-state index contributed by atoms with van der Waals surface area (Å²) in [5.41, 5.74) is 5.00. The van der Waals surface area contributed by atoms with Crippen molar-refractivity contribution in [3.05, 3.63) is 69.5 Å². The highest BCUT2D eigenvalue weighted by Crippen LogP contribution is 2.31. The highest BCUT2D eigenvalue weighted by atomic mass is 32.1. The maximum absolute atomic E-state index is 10.8. The van der Waals surface area contributed by atoms with E-state index in [4.69, 9.17) is 9.84 Å². The van der Waals surface area contributed by atoms with Crippen LogP contribution in [0.2, 0.25) is 0 Å². The van der Waals surface area contributed by atoms with Crippen molar-refractivity contribution in [2.24, 2.45) is 0 Å². The van der Waals surface area contributed by atoms with Gasteiger partial charge in [0.1, 0.15) is 17.4 Å². The minimum atomic E-state index is -0.863. The molecule has 128 valence electrons. The summed E-state index contributed by atoms with van der Waals surface area (Å²) in [6.45, 7) is 4.56. The molecule has 0 atom stereocenters. The molecule has 3 rings (SSSR count). The molecular formula is C20H19NO3S. The number of aromatic nitrogens is 1. The number of carboxylic acid groups (broad SMARTS) is 1. The first-order valence-electron chi connectivity index (χ1n) is 7.97. The molecule has 0 aliphatic rings. The van der Waals surface area contributed by atoms with Gasteiger partial charge in [-0.2, -0.15) is 0 Å². The molecule has 3 aromatic rings. The van der Waals surface area contributed by atoms with Crippen LogP contribution in [0.4, 0.5) is 0 Å². The van der Waals surface area contributed by atoms with Gasteiger partial charge in [0.2, 0.25) is 0 Å². The van der Waals surface area contributed by atoms with Crippen molar-refractivity contribution in [3.63, 3.8) is 0 Å². The number of thiazole rings is 1. The Kier molecular flexibility index (Phi) is 5.14. The minimum absolute atomic E-state index is 0.0408. The van der Waals surface area contributed by atoms with Gasteiger partial charge in [0.25, 0.3) is 0 Å². The van der Waals surface area contributed by atoms with E-state index >= 15 is 0 Å². The number of nitrogens with zero attached hydrogens (tertiary/aromatic N) is 1. The van der Waals surface area contributed by atoms with Crippen molar-refractivity contribution in [2.75, 3.05) is 0 Å². The van der Waals surface area contributed by atoms with Gasteiger partial charge >= 0.3 is 5.97 Å². The van der Waals surface area contributed by atoms with Gasteiger partial charge in [0.05, 0.1) is 12.1 Å². The largest absolute Gasteiger partial charge is 0.488 e. The van der Waals surface area contributed by atoms with Gasteiger partial charge in [-0.1, -0.05) is 30.3 Å². The van der Waals surface area contributed by atoms with Gasteiger partial charge < -0.3 is 9.84 Å². The maximum atomic E-state index is 10.8. The molecule has 0 unspecified atom stereocenters. The Morgan fingerprint density at radius 3 is 2.48 bits per heavy atom. The molecule has 2 aromatic carbocycles. The second-order valence-corrected chi connectivity index (χ2v) is 6.85. The molecule has 5 heteroatoms. The fraction of sp³-hybridized carbons (Fsp3) is 0.200. The predicted molar refractivity (Wildman–Crippen MR) is 99.1 cm³/mol. The van der Waals surface area contributed by atoms with Crippen LogP contribution in [0, 0.1) is 13.8 Å². The van der Waals surface area contributed by atoms with Crippen LogP contribution in [-0.2, 0) is 17.8 Å². The zero-order chi connectivity index (χ0) is 17.8. The van der Waals surface area contributed by atoms with E-state index in [0.29, 0.717) is 11.6 Å². The van der Waals surface area contributed by atoms with Crippen LogP contribution < -0.4 is 4.74 Å². The molecule has 0 radical (unpaired) electrons. The second kappa shape index (κ2) is 7.49. The maximum Gasteiger partial charge on any atom is 0.310 e. The molecule has 25 heavy (non-hydrogen) atoms. The Labute approximate surface area is 150 Å². The first-order valence-corrected chi connectivity index (χ1v) is 8.85. The van der Waals surface area contributed by atoms with Gasteiger partial charge in [0, 0.05) is 10.9 Å². The van der Waals surface area contributed by atoms with Crippen LogP contribution in [0.3, 0.4) is 0 Å². The van der Waals surface area contributed by atoms with Crippen LogP contribution in [0.1, 0.15) is 21.7 Å². The second-order valence-electron chi connectivity index (χ2n) is 5.91. The Bertz CT molecular complexity index is 864. The molecule has 1 N–H and O–H groups in total. The summed E-state index contributed by atoms with van der Waals surface area (Å²) in [6, 6.07) is 14.1. The first-order chi connectivity index (χ1) is 12.0. The van der Waals surface area contributed by atoms with E-state index in [1.165, 1.54) is 11.3 Å². The summed E-state index contributed by atoms with van der Waals surface area (Å²) in [7, 11) is 0. The quantitative estimate of drug-likeness (QED) is 0.702. The zero-order valence-corrected chi connectivity index (χ0v) is 15.0. The van der Waals surface area contributed by atoms with E-state index in [9.17, 15) is 4.79 Å². The summed E-state index contributed by atoms with van der Waals surface area (Å²) >= 11 is 1.37. The van der Waals surface area contributed by atoms with Gasteiger partial charge in [0.15, 0.2) is 0 Å². The summed E-state index contributed by atoms with van der Waals surface area (Å²) < 4.78 is 6.01. The van der Waals surface area contributed by atoms with Gasteiger partial charge in [-0.25, -0.2) is 4.98 Å². The Morgan fingerprint density at radius 2 is 1.84 bits per heavy atom. The third-order valence-corrected chi connectivity index (χ3v) is 4.69. The van der Waals surface area contributed by atoms with E-state index in [1.807, 2.05) is 61.7 Å². The molecule has 0 amide bonds.